The highest BCUT2D eigenvalue weighted by atomic mass is 16.4. The summed E-state index contributed by atoms with van der Waals surface area (Å²) in [5.41, 5.74) is 1.14. The quantitative estimate of drug-likeness (QED) is 0.873. The van der Waals surface area contributed by atoms with Crippen LogP contribution in [0.3, 0.4) is 0 Å². The van der Waals surface area contributed by atoms with Crippen LogP contribution in [0, 0.1) is 0 Å². The van der Waals surface area contributed by atoms with E-state index >= 15 is 0 Å². The standard InChI is InChI=1S/C13H18N2O2/c1-3-10-5-4-9(2)15(10)11-6-7-12(13(16)17)14-8-11/h6-10H,3-5H2,1-2H3,(H,16,17). The summed E-state index contributed by atoms with van der Waals surface area (Å²) in [5, 5.41) is 8.82. The number of pyridine rings is 1. The van der Waals surface area contributed by atoms with Crippen molar-refractivity contribution in [2.24, 2.45) is 0 Å². The number of carboxylic acid groups (broad SMARTS) is 1. The van der Waals surface area contributed by atoms with Crippen LogP contribution < -0.4 is 4.90 Å². The van der Waals surface area contributed by atoms with Crippen LogP contribution in [0.15, 0.2) is 18.3 Å². The van der Waals surface area contributed by atoms with Gasteiger partial charge in [-0.15, -0.1) is 0 Å². The molecule has 0 aliphatic carbocycles. The van der Waals surface area contributed by atoms with Gasteiger partial charge >= 0.3 is 5.97 Å². The Morgan fingerprint density at radius 2 is 2.29 bits per heavy atom. The number of anilines is 1. The van der Waals surface area contributed by atoms with E-state index in [1.54, 1.807) is 12.3 Å². The summed E-state index contributed by atoms with van der Waals surface area (Å²) in [6.07, 6.45) is 5.19. The highest BCUT2D eigenvalue weighted by Crippen LogP contribution is 2.31. The lowest BCUT2D eigenvalue weighted by molar-refractivity contribution is 0.0690. The third kappa shape index (κ3) is 2.25. The number of hydrogen-bond donors (Lipinski definition) is 1. The van der Waals surface area contributed by atoms with Crippen LogP contribution in [-0.2, 0) is 0 Å². The molecular weight excluding hydrogens is 216 g/mol. The second-order valence-corrected chi connectivity index (χ2v) is 4.60. The Labute approximate surface area is 101 Å². The minimum Gasteiger partial charge on any atom is -0.477 e. The molecule has 2 atom stereocenters. The number of carboxylic acids is 1. The Morgan fingerprint density at radius 3 is 2.82 bits per heavy atom. The van der Waals surface area contributed by atoms with Gasteiger partial charge in [0.1, 0.15) is 5.69 Å². The van der Waals surface area contributed by atoms with Gasteiger partial charge in [0.15, 0.2) is 0 Å². The molecule has 2 unspecified atom stereocenters. The molecule has 1 N–H and O–H groups in total. The van der Waals surface area contributed by atoms with Crippen molar-refractivity contribution in [3.8, 4) is 0 Å². The Bertz CT molecular complexity index is 402. The molecule has 1 aromatic heterocycles. The first kappa shape index (κ1) is 11.9. The highest BCUT2D eigenvalue weighted by molar-refractivity contribution is 5.85. The molecular formula is C13H18N2O2. The number of nitrogens with zero attached hydrogens (tertiary/aromatic N) is 2. The molecule has 0 saturated carbocycles. The van der Waals surface area contributed by atoms with E-state index in [4.69, 9.17) is 5.11 Å². The molecule has 0 bridgehead atoms. The van der Waals surface area contributed by atoms with Crippen LogP contribution in [-0.4, -0.2) is 28.1 Å². The maximum absolute atomic E-state index is 10.7. The Kier molecular flexibility index (Phi) is 3.31. The first-order valence-electron chi connectivity index (χ1n) is 6.11. The van der Waals surface area contributed by atoms with Gasteiger partial charge in [0.25, 0.3) is 0 Å². The van der Waals surface area contributed by atoms with Crippen molar-refractivity contribution >= 4 is 11.7 Å². The summed E-state index contributed by atoms with van der Waals surface area (Å²) >= 11 is 0. The zero-order valence-electron chi connectivity index (χ0n) is 10.3. The van der Waals surface area contributed by atoms with E-state index in [-0.39, 0.29) is 5.69 Å². The molecule has 17 heavy (non-hydrogen) atoms. The van der Waals surface area contributed by atoms with Crippen molar-refractivity contribution in [2.75, 3.05) is 4.90 Å². The minimum absolute atomic E-state index is 0.105. The summed E-state index contributed by atoms with van der Waals surface area (Å²) in [5.74, 6) is -0.974. The molecule has 1 aliphatic heterocycles. The molecule has 1 saturated heterocycles. The first-order chi connectivity index (χ1) is 8.13. The summed E-state index contributed by atoms with van der Waals surface area (Å²) in [6.45, 7) is 4.40. The van der Waals surface area contributed by atoms with Crippen molar-refractivity contribution < 1.29 is 9.90 Å². The molecule has 4 nitrogen and oxygen atoms in total. The maximum Gasteiger partial charge on any atom is 0.354 e. The molecule has 92 valence electrons. The van der Waals surface area contributed by atoms with Crippen LogP contribution in [0.1, 0.15) is 43.6 Å². The lowest BCUT2D eigenvalue weighted by Crippen LogP contribution is -2.34. The molecule has 4 heteroatoms. The van der Waals surface area contributed by atoms with Crippen LogP contribution in [0.25, 0.3) is 0 Å². The van der Waals surface area contributed by atoms with E-state index in [1.165, 1.54) is 12.8 Å². The van der Waals surface area contributed by atoms with Gasteiger partial charge in [0.05, 0.1) is 11.9 Å². The summed E-state index contributed by atoms with van der Waals surface area (Å²) in [6, 6.07) is 4.51. The van der Waals surface area contributed by atoms with E-state index in [2.05, 4.69) is 23.7 Å². The smallest absolute Gasteiger partial charge is 0.354 e. The number of carbonyl (C=O) groups is 1. The number of rotatable bonds is 3. The zero-order chi connectivity index (χ0) is 12.4. The Morgan fingerprint density at radius 1 is 1.53 bits per heavy atom. The second kappa shape index (κ2) is 4.73. The average Bonchev–Trinajstić information content (AvgIpc) is 2.70. The molecule has 2 heterocycles. The monoisotopic (exact) mass is 234 g/mol. The predicted molar refractivity (Wildman–Crippen MR) is 66.5 cm³/mol. The second-order valence-electron chi connectivity index (χ2n) is 4.60. The normalized spacial score (nSPS) is 24.0. The topological polar surface area (TPSA) is 53.4 Å². The maximum atomic E-state index is 10.7. The fraction of sp³-hybridized carbons (Fsp3) is 0.538. The van der Waals surface area contributed by atoms with Crippen molar-refractivity contribution in [3.63, 3.8) is 0 Å². The van der Waals surface area contributed by atoms with Crippen LogP contribution >= 0.6 is 0 Å². The largest absolute Gasteiger partial charge is 0.477 e. The van der Waals surface area contributed by atoms with E-state index in [9.17, 15) is 4.79 Å². The van der Waals surface area contributed by atoms with E-state index in [0.29, 0.717) is 12.1 Å². The van der Waals surface area contributed by atoms with Gasteiger partial charge in [-0.05, 0) is 38.3 Å². The lowest BCUT2D eigenvalue weighted by atomic mass is 10.1. The molecule has 0 amide bonds. The fourth-order valence-corrected chi connectivity index (χ4v) is 2.60. The summed E-state index contributed by atoms with van der Waals surface area (Å²) in [4.78, 5) is 17.1. The third-order valence-electron chi connectivity index (χ3n) is 3.52. The third-order valence-corrected chi connectivity index (χ3v) is 3.52. The zero-order valence-corrected chi connectivity index (χ0v) is 10.3. The molecule has 0 aromatic carbocycles. The van der Waals surface area contributed by atoms with Crippen molar-refractivity contribution in [3.05, 3.63) is 24.0 Å². The van der Waals surface area contributed by atoms with Crippen LogP contribution in [0.2, 0.25) is 0 Å². The summed E-state index contributed by atoms with van der Waals surface area (Å²) in [7, 11) is 0. The van der Waals surface area contributed by atoms with Gasteiger partial charge in [-0.25, -0.2) is 9.78 Å². The van der Waals surface area contributed by atoms with Crippen molar-refractivity contribution in [1.29, 1.82) is 0 Å². The average molecular weight is 234 g/mol. The Balaban J connectivity index is 2.24. The molecule has 1 aliphatic rings. The SMILES string of the molecule is CCC1CCC(C)N1c1ccc(C(=O)O)nc1. The summed E-state index contributed by atoms with van der Waals surface area (Å²) < 4.78 is 0. The number of aromatic nitrogens is 1. The number of aromatic carboxylic acids is 1. The van der Waals surface area contributed by atoms with Gasteiger partial charge < -0.3 is 10.0 Å². The molecule has 2 rings (SSSR count). The molecule has 0 radical (unpaired) electrons. The van der Waals surface area contributed by atoms with Gasteiger partial charge in [-0.1, -0.05) is 6.92 Å². The number of hydrogen-bond acceptors (Lipinski definition) is 3. The predicted octanol–water partition coefficient (Wildman–Crippen LogP) is 2.55. The highest BCUT2D eigenvalue weighted by Gasteiger charge is 2.29. The van der Waals surface area contributed by atoms with Crippen molar-refractivity contribution in [1.82, 2.24) is 4.98 Å². The van der Waals surface area contributed by atoms with Crippen LogP contribution in [0.4, 0.5) is 5.69 Å². The minimum atomic E-state index is -0.974. The van der Waals surface area contributed by atoms with Crippen molar-refractivity contribution in [2.45, 2.75) is 45.2 Å². The van der Waals surface area contributed by atoms with E-state index < -0.39 is 5.97 Å². The Hall–Kier alpha value is -1.58. The molecule has 1 fully saturated rings. The van der Waals surface area contributed by atoms with Gasteiger partial charge in [0, 0.05) is 12.1 Å². The van der Waals surface area contributed by atoms with Gasteiger partial charge in [-0.3, -0.25) is 0 Å². The lowest BCUT2D eigenvalue weighted by Gasteiger charge is -2.30. The van der Waals surface area contributed by atoms with E-state index in [1.807, 2.05) is 6.07 Å². The fourth-order valence-electron chi connectivity index (χ4n) is 2.60. The van der Waals surface area contributed by atoms with E-state index in [0.717, 1.165) is 12.1 Å². The van der Waals surface area contributed by atoms with Gasteiger partial charge in [0.2, 0.25) is 0 Å². The van der Waals surface area contributed by atoms with Crippen LogP contribution in [0.5, 0.6) is 0 Å². The molecule has 1 aromatic rings. The molecule has 0 spiro atoms. The first-order valence-corrected chi connectivity index (χ1v) is 6.11. The van der Waals surface area contributed by atoms with Gasteiger partial charge in [-0.2, -0.15) is 0 Å².